The van der Waals surface area contributed by atoms with Gasteiger partial charge in [-0.3, -0.25) is 0 Å². The second-order valence-electron chi connectivity index (χ2n) is 8.58. The summed E-state index contributed by atoms with van der Waals surface area (Å²) in [7, 11) is -3.38. The van der Waals surface area contributed by atoms with Crippen molar-refractivity contribution >= 4 is 32.5 Å². The second-order valence-corrected chi connectivity index (χ2v) is 11.2. The predicted molar refractivity (Wildman–Crippen MR) is 124 cm³/mol. The zero-order valence-electron chi connectivity index (χ0n) is 18.0. The summed E-state index contributed by atoms with van der Waals surface area (Å²) in [4.78, 5) is 17.4. The number of hydrogen-bond acceptors (Lipinski definition) is 7. The molecule has 2 atom stereocenters. The summed E-state index contributed by atoms with van der Waals surface area (Å²) in [6, 6.07) is 10.0. The lowest BCUT2D eigenvalue weighted by Crippen LogP contribution is -2.48. The van der Waals surface area contributed by atoms with Gasteiger partial charge >= 0.3 is 5.97 Å². The number of hydrogen-bond donors (Lipinski definition) is 2. The molecule has 32 heavy (non-hydrogen) atoms. The van der Waals surface area contributed by atoms with Gasteiger partial charge in [0, 0.05) is 18.0 Å². The van der Waals surface area contributed by atoms with E-state index in [4.69, 9.17) is 4.74 Å². The summed E-state index contributed by atoms with van der Waals surface area (Å²) in [6.45, 7) is 0.963. The molecule has 2 aliphatic rings. The summed E-state index contributed by atoms with van der Waals surface area (Å²) >= 11 is 1.26. The number of ether oxygens (including phenoxy) is 1. The SMILES string of the molecule is CS(=O)(=O)N[C@H]1CCN(c2nc(C(=O)O)cs2)[C@H]1CO[C@H]1CC[C@@H](c2ccccc2)CC1. The Morgan fingerprint density at radius 3 is 2.56 bits per heavy atom. The lowest BCUT2D eigenvalue weighted by molar-refractivity contribution is 0.0157. The third kappa shape index (κ3) is 5.67. The molecule has 2 N–H and O–H groups in total. The summed E-state index contributed by atoms with van der Waals surface area (Å²) < 4.78 is 32.8. The number of nitrogens with one attached hydrogen (secondary N) is 1. The minimum atomic E-state index is -3.38. The highest BCUT2D eigenvalue weighted by molar-refractivity contribution is 7.88. The summed E-state index contributed by atoms with van der Waals surface area (Å²) in [6.07, 6.45) is 6.00. The maximum absolute atomic E-state index is 11.9. The number of benzene rings is 1. The molecule has 8 nitrogen and oxygen atoms in total. The number of aromatic carboxylic acids is 1. The second kappa shape index (κ2) is 9.86. The molecule has 2 fully saturated rings. The van der Waals surface area contributed by atoms with Crippen molar-refractivity contribution in [1.82, 2.24) is 9.71 Å². The minimum Gasteiger partial charge on any atom is -0.476 e. The van der Waals surface area contributed by atoms with Crippen molar-refractivity contribution in [3.8, 4) is 0 Å². The Balaban J connectivity index is 1.40. The molecule has 10 heteroatoms. The van der Waals surface area contributed by atoms with Crippen molar-refractivity contribution < 1.29 is 23.1 Å². The van der Waals surface area contributed by atoms with Crippen LogP contribution in [0.3, 0.4) is 0 Å². The van der Waals surface area contributed by atoms with Crippen molar-refractivity contribution in [3.05, 3.63) is 47.0 Å². The smallest absolute Gasteiger partial charge is 0.355 e. The van der Waals surface area contributed by atoms with Crippen LogP contribution in [0, 0.1) is 0 Å². The fourth-order valence-corrected chi connectivity index (χ4v) is 6.44. The van der Waals surface area contributed by atoms with Gasteiger partial charge in [-0.2, -0.15) is 0 Å². The van der Waals surface area contributed by atoms with Gasteiger partial charge in [-0.15, -0.1) is 11.3 Å². The fourth-order valence-electron chi connectivity index (χ4n) is 4.73. The maximum Gasteiger partial charge on any atom is 0.355 e. The molecule has 174 valence electrons. The van der Waals surface area contributed by atoms with Crippen molar-refractivity contribution in [2.24, 2.45) is 0 Å². The average molecular weight is 480 g/mol. The van der Waals surface area contributed by atoms with E-state index in [0.29, 0.717) is 30.6 Å². The van der Waals surface area contributed by atoms with E-state index < -0.39 is 16.0 Å². The molecule has 0 amide bonds. The summed E-state index contributed by atoms with van der Waals surface area (Å²) in [5.74, 6) is -0.510. The van der Waals surface area contributed by atoms with E-state index in [1.54, 1.807) is 0 Å². The van der Waals surface area contributed by atoms with Crippen molar-refractivity contribution in [2.75, 3.05) is 24.3 Å². The number of thiazole rings is 1. The van der Waals surface area contributed by atoms with Gasteiger partial charge in [0.05, 0.1) is 25.0 Å². The highest BCUT2D eigenvalue weighted by Crippen LogP contribution is 2.35. The molecular formula is C22H29N3O5S2. The van der Waals surface area contributed by atoms with Crippen molar-refractivity contribution in [3.63, 3.8) is 0 Å². The highest BCUT2D eigenvalue weighted by atomic mass is 32.2. The quantitative estimate of drug-likeness (QED) is 0.599. The Bertz CT molecular complexity index is 1020. The van der Waals surface area contributed by atoms with E-state index in [-0.39, 0.29) is 23.9 Å². The first-order valence-electron chi connectivity index (χ1n) is 10.9. The molecule has 1 aliphatic carbocycles. The number of anilines is 1. The van der Waals surface area contributed by atoms with Crippen molar-refractivity contribution in [2.45, 2.75) is 56.2 Å². The van der Waals surface area contributed by atoms with Crippen LogP contribution in [0.1, 0.15) is 54.1 Å². The maximum atomic E-state index is 11.9. The topological polar surface area (TPSA) is 109 Å². The first-order valence-corrected chi connectivity index (χ1v) is 13.7. The predicted octanol–water partition coefficient (Wildman–Crippen LogP) is 3.08. The normalized spacial score (nSPS) is 26.3. The van der Waals surface area contributed by atoms with Crippen LogP contribution in [0.15, 0.2) is 35.7 Å². The molecule has 2 aromatic rings. The van der Waals surface area contributed by atoms with Gasteiger partial charge in [-0.1, -0.05) is 30.3 Å². The van der Waals surface area contributed by atoms with Gasteiger partial charge in [0.2, 0.25) is 10.0 Å². The van der Waals surface area contributed by atoms with E-state index >= 15 is 0 Å². The van der Waals surface area contributed by atoms with E-state index in [2.05, 4.69) is 34.0 Å². The van der Waals surface area contributed by atoms with Crippen LogP contribution in [0.25, 0.3) is 0 Å². The van der Waals surface area contributed by atoms with Crippen LogP contribution < -0.4 is 9.62 Å². The molecule has 0 bridgehead atoms. The minimum absolute atomic E-state index is 0.00317. The van der Waals surface area contributed by atoms with Crippen LogP contribution in [0.5, 0.6) is 0 Å². The molecule has 1 saturated heterocycles. The monoisotopic (exact) mass is 479 g/mol. The Morgan fingerprint density at radius 1 is 1.22 bits per heavy atom. The van der Waals surface area contributed by atoms with Gasteiger partial charge in [0.25, 0.3) is 0 Å². The Kier molecular flexibility index (Phi) is 7.14. The van der Waals surface area contributed by atoms with Gasteiger partial charge in [0.15, 0.2) is 10.8 Å². The molecule has 2 heterocycles. The molecule has 1 aliphatic heterocycles. The Labute approximate surface area is 192 Å². The van der Waals surface area contributed by atoms with Crippen molar-refractivity contribution in [1.29, 1.82) is 0 Å². The lowest BCUT2D eigenvalue weighted by Gasteiger charge is -2.32. The molecule has 4 rings (SSSR count). The number of sulfonamides is 1. The van der Waals surface area contributed by atoms with Crippen LogP contribution in [0.4, 0.5) is 5.13 Å². The lowest BCUT2D eigenvalue weighted by atomic mass is 9.83. The Morgan fingerprint density at radius 2 is 1.94 bits per heavy atom. The molecule has 0 unspecified atom stereocenters. The Hall–Kier alpha value is -2.01. The summed E-state index contributed by atoms with van der Waals surface area (Å²) in [5.41, 5.74) is 1.38. The first-order chi connectivity index (χ1) is 15.3. The molecule has 0 radical (unpaired) electrons. The van der Waals surface area contributed by atoms with Crippen LogP contribution in [-0.4, -0.2) is 62.1 Å². The number of nitrogens with zero attached hydrogens (tertiary/aromatic N) is 2. The van der Waals surface area contributed by atoms with E-state index in [1.807, 2.05) is 11.0 Å². The standard InChI is InChI=1S/C22H29N3O5S2/c1-32(28,29)24-18-11-12-25(22-23-19(14-31-22)21(26)27)20(18)13-30-17-9-7-16(8-10-17)15-5-3-2-4-6-15/h2-6,14,16-18,20,24H,7-13H2,1H3,(H,26,27)/t16-,17+,18-,20-/m0/s1. The number of carbonyl (C=O) groups is 1. The molecule has 1 aromatic carbocycles. The van der Waals surface area contributed by atoms with Crippen LogP contribution in [-0.2, 0) is 14.8 Å². The largest absolute Gasteiger partial charge is 0.476 e. The molecule has 1 aromatic heterocycles. The number of carboxylic acid groups (broad SMARTS) is 1. The van der Waals surface area contributed by atoms with Gasteiger partial charge < -0.3 is 14.7 Å². The van der Waals surface area contributed by atoms with Gasteiger partial charge in [0.1, 0.15) is 0 Å². The average Bonchev–Trinajstić information content (AvgIpc) is 3.39. The summed E-state index contributed by atoms with van der Waals surface area (Å²) in [5, 5.41) is 11.3. The van der Waals surface area contributed by atoms with E-state index in [0.717, 1.165) is 31.9 Å². The third-order valence-electron chi connectivity index (χ3n) is 6.32. The van der Waals surface area contributed by atoms with E-state index in [9.17, 15) is 18.3 Å². The fraction of sp³-hybridized carbons (Fsp3) is 0.545. The molecule has 0 spiro atoms. The molecule has 1 saturated carbocycles. The third-order valence-corrected chi connectivity index (χ3v) is 7.92. The zero-order valence-corrected chi connectivity index (χ0v) is 19.6. The number of rotatable bonds is 8. The highest BCUT2D eigenvalue weighted by Gasteiger charge is 2.38. The zero-order chi connectivity index (χ0) is 22.7. The number of aromatic nitrogens is 1. The van der Waals surface area contributed by atoms with Crippen LogP contribution in [0.2, 0.25) is 0 Å². The van der Waals surface area contributed by atoms with Gasteiger partial charge in [-0.25, -0.2) is 22.9 Å². The van der Waals surface area contributed by atoms with Gasteiger partial charge in [-0.05, 0) is 43.6 Å². The van der Waals surface area contributed by atoms with Crippen LogP contribution >= 0.6 is 11.3 Å². The van der Waals surface area contributed by atoms with E-state index in [1.165, 1.54) is 22.3 Å². The first kappa shape index (κ1) is 23.2. The number of carboxylic acids is 1. The molecular weight excluding hydrogens is 450 g/mol.